The summed E-state index contributed by atoms with van der Waals surface area (Å²) in [5.74, 6) is -2.48. The molecule has 0 aliphatic rings. The van der Waals surface area contributed by atoms with Crippen LogP contribution in [0.1, 0.15) is 13.3 Å². The predicted molar refractivity (Wildman–Crippen MR) is 69.5 cm³/mol. The topological polar surface area (TPSA) is 102 Å². The standard InChI is InChI=1S/C12H15FN2O5/c1-7(12(16)17)3-4-14-9-6-11(20-2)8(13)5-10(9)15(18)19/h5-7,14H,3-4H2,1-2H3,(H,16,17). The van der Waals surface area contributed by atoms with Gasteiger partial charge in [-0.25, -0.2) is 4.39 Å². The first-order chi connectivity index (χ1) is 9.36. The normalized spacial score (nSPS) is 11.8. The first-order valence-electron chi connectivity index (χ1n) is 5.85. The second kappa shape index (κ2) is 6.69. The molecule has 0 heterocycles. The number of aliphatic carboxylic acids is 1. The number of benzene rings is 1. The molecule has 1 aromatic rings. The third-order valence-electron chi connectivity index (χ3n) is 2.78. The van der Waals surface area contributed by atoms with Gasteiger partial charge in [-0.15, -0.1) is 0 Å². The summed E-state index contributed by atoms with van der Waals surface area (Å²) < 4.78 is 18.2. The molecule has 1 unspecified atom stereocenters. The van der Waals surface area contributed by atoms with Gasteiger partial charge in [0.05, 0.1) is 24.0 Å². The highest BCUT2D eigenvalue weighted by molar-refractivity contribution is 5.69. The minimum Gasteiger partial charge on any atom is -0.494 e. The van der Waals surface area contributed by atoms with Gasteiger partial charge in [-0.05, 0) is 6.42 Å². The highest BCUT2D eigenvalue weighted by atomic mass is 19.1. The fourth-order valence-electron chi connectivity index (χ4n) is 1.54. The average molecular weight is 286 g/mol. The van der Waals surface area contributed by atoms with Crippen molar-refractivity contribution >= 4 is 17.3 Å². The summed E-state index contributed by atoms with van der Waals surface area (Å²) >= 11 is 0. The third-order valence-corrected chi connectivity index (χ3v) is 2.78. The summed E-state index contributed by atoms with van der Waals surface area (Å²) in [6.45, 7) is 1.74. The molecule has 0 saturated heterocycles. The average Bonchev–Trinajstić information content (AvgIpc) is 2.39. The number of carboxylic acid groups (broad SMARTS) is 1. The van der Waals surface area contributed by atoms with Crippen molar-refractivity contribution in [1.82, 2.24) is 0 Å². The molecule has 0 amide bonds. The van der Waals surface area contributed by atoms with E-state index in [2.05, 4.69) is 5.32 Å². The van der Waals surface area contributed by atoms with Crippen LogP contribution >= 0.6 is 0 Å². The van der Waals surface area contributed by atoms with E-state index in [0.29, 0.717) is 0 Å². The van der Waals surface area contributed by atoms with E-state index in [4.69, 9.17) is 9.84 Å². The molecule has 20 heavy (non-hydrogen) atoms. The van der Waals surface area contributed by atoms with E-state index >= 15 is 0 Å². The number of hydrogen-bond donors (Lipinski definition) is 2. The zero-order chi connectivity index (χ0) is 15.3. The van der Waals surface area contributed by atoms with Crippen LogP contribution in [0, 0.1) is 21.8 Å². The van der Waals surface area contributed by atoms with Crippen molar-refractivity contribution in [2.45, 2.75) is 13.3 Å². The Labute approximate surface area is 114 Å². The molecule has 1 atom stereocenters. The van der Waals surface area contributed by atoms with Gasteiger partial charge in [0.25, 0.3) is 5.69 Å². The number of hydrogen-bond acceptors (Lipinski definition) is 5. The maximum atomic E-state index is 13.4. The summed E-state index contributed by atoms with van der Waals surface area (Å²) in [5.41, 5.74) is -0.336. The van der Waals surface area contributed by atoms with E-state index in [1.54, 1.807) is 0 Å². The fourth-order valence-corrected chi connectivity index (χ4v) is 1.54. The maximum Gasteiger partial charge on any atom is 0.306 e. The summed E-state index contributed by atoms with van der Waals surface area (Å²) in [5, 5.41) is 22.3. The molecule has 1 aromatic carbocycles. The van der Waals surface area contributed by atoms with Crippen molar-refractivity contribution in [3.8, 4) is 5.75 Å². The number of nitro groups is 1. The zero-order valence-electron chi connectivity index (χ0n) is 11.1. The Balaban J connectivity index is 2.87. The molecule has 0 bridgehead atoms. The van der Waals surface area contributed by atoms with Gasteiger partial charge in [0, 0.05) is 12.6 Å². The lowest BCUT2D eigenvalue weighted by molar-refractivity contribution is -0.384. The van der Waals surface area contributed by atoms with E-state index in [1.807, 2.05) is 0 Å². The number of nitro benzene ring substituents is 1. The van der Waals surface area contributed by atoms with Crippen molar-refractivity contribution in [3.05, 3.63) is 28.1 Å². The van der Waals surface area contributed by atoms with Crippen molar-refractivity contribution in [3.63, 3.8) is 0 Å². The Morgan fingerprint density at radius 1 is 1.60 bits per heavy atom. The molecule has 1 rings (SSSR count). The van der Waals surface area contributed by atoms with E-state index in [9.17, 15) is 19.3 Å². The lowest BCUT2D eigenvalue weighted by atomic mass is 10.1. The number of nitrogens with one attached hydrogen (secondary N) is 1. The van der Waals surface area contributed by atoms with Crippen LogP contribution in [0.3, 0.4) is 0 Å². The molecular formula is C12H15FN2O5. The second-order valence-electron chi connectivity index (χ2n) is 4.22. The van der Waals surface area contributed by atoms with Gasteiger partial charge < -0.3 is 15.2 Å². The van der Waals surface area contributed by atoms with Gasteiger partial charge in [-0.1, -0.05) is 6.92 Å². The molecular weight excluding hydrogens is 271 g/mol. The van der Waals surface area contributed by atoms with Crippen LogP contribution < -0.4 is 10.1 Å². The first-order valence-corrected chi connectivity index (χ1v) is 5.85. The van der Waals surface area contributed by atoms with Crippen LogP contribution in [0.2, 0.25) is 0 Å². The van der Waals surface area contributed by atoms with E-state index < -0.39 is 28.3 Å². The van der Waals surface area contributed by atoms with Crippen LogP contribution in [0.15, 0.2) is 12.1 Å². The number of rotatable bonds is 7. The molecule has 0 radical (unpaired) electrons. The number of halogens is 1. The molecule has 0 fully saturated rings. The Morgan fingerprint density at radius 3 is 2.75 bits per heavy atom. The minimum absolute atomic E-state index is 0.0887. The van der Waals surface area contributed by atoms with Crippen molar-refractivity contribution in [2.24, 2.45) is 5.92 Å². The quantitative estimate of drug-likeness (QED) is 0.589. The van der Waals surface area contributed by atoms with Gasteiger partial charge in [0.1, 0.15) is 5.69 Å². The van der Waals surface area contributed by atoms with Crippen molar-refractivity contribution in [2.75, 3.05) is 19.0 Å². The smallest absolute Gasteiger partial charge is 0.306 e. The summed E-state index contributed by atoms with van der Waals surface area (Å²) in [7, 11) is 1.25. The minimum atomic E-state index is -0.946. The Hall–Kier alpha value is -2.38. The van der Waals surface area contributed by atoms with Gasteiger partial charge >= 0.3 is 5.97 Å². The number of ether oxygens (including phenoxy) is 1. The molecule has 0 aromatic heterocycles. The van der Waals surface area contributed by atoms with Crippen LogP contribution in [0.25, 0.3) is 0 Å². The van der Waals surface area contributed by atoms with Crippen LogP contribution in [0.5, 0.6) is 5.75 Å². The number of anilines is 1. The second-order valence-corrected chi connectivity index (χ2v) is 4.22. The lowest BCUT2D eigenvalue weighted by Gasteiger charge is -2.11. The van der Waals surface area contributed by atoms with E-state index in [0.717, 1.165) is 6.07 Å². The van der Waals surface area contributed by atoms with E-state index in [1.165, 1.54) is 20.1 Å². The van der Waals surface area contributed by atoms with Gasteiger partial charge in [-0.3, -0.25) is 14.9 Å². The largest absolute Gasteiger partial charge is 0.494 e. The highest BCUT2D eigenvalue weighted by Crippen LogP contribution is 2.31. The summed E-state index contributed by atoms with van der Waals surface area (Å²) in [4.78, 5) is 20.8. The first kappa shape index (κ1) is 15.7. The Bertz CT molecular complexity index is 521. The molecule has 2 N–H and O–H groups in total. The van der Waals surface area contributed by atoms with Crippen molar-refractivity contribution < 1.29 is 24.0 Å². The fraction of sp³-hybridized carbons (Fsp3) is 0.417. The molecule has 0 aliphatic heterocycles. The number of carbonyl (C=O) groups is 1. The highest BCUT2D eigenvalue weighted by Gasteiger charge is 2.19. The summed E-state index contributed by atoms with van der Waals surface area (Å²) in [6.07, 6.45) is 0.284. The molecule has 0 spiro atoms. The number of methoxy groups -OCH3 is 1. The van der Waals surface area contributed by atoms with Gasteiger partial charge in [-0.2, -0.15) is 0 Å². The summed E-state index contributed by atoms with van der Waals surface area (Å²) in [6, 6.07) is 1.95. The SMILES string of the molecule is COc1cc(NCCC(C)C(=O)O)c([N+](=O)[O-])cc1F. The molecule has 0 aliphatic carbocycles. The van der Waals surface area contributed by atoms with E-state index in [-0.39, 0.29) is 24.4 Å². The zero-order valence-corrected chi connectivity index (χ0v) is 11.1. The van der Waals surface area contributed by atoms with Crippen molar-refractivity contribution in [1.29, 1.82) is 0 Å². The van der Waals surface area contributed by atoms with Crippen LogP contribution in [-0.2, 0) is 4.79 Å². The van der Waals surface area contributed by atoms with Gasteiger partial charge in [0.2, 0.25) is 0 Å². The van der Waals surface area contributed by atoms with Crippen LogP contribution in [0.4, 0.5) is 15.8 Å². The molecule has 0 saturated carbocycles. The number of carboxylic acids is 1. The third kappa shape index (κ3) is 3.81. The number of nitrogens with zero attached hydrogens (tertiary/aromatic N) is 1. The molecule has 110 valence electrons. The Morgan fingerprint density at radius 2 is 2.25 bits per heavy atom. The Kier molecular flexibility index (Phi) is 5.24. The maximum absolute atomic E-state index is 13.4. The molecule has 8 heteroatoms. The molecule has 7 nitrogen and oxygen atoms in total. The monoisotopic (exact) mass is 286 g/mol. The predicted octanol–water partition coefficient (Wildman–Crippen LogP) is 2.27. The van der Waals surface area contributed by atoms with Gasteiger partial charge in [0.15, 0.2) is 11.6 Å². The lowest BCUT2D eigenvalue weighted by Crippen LogP contribution is -2.15. The van der Waals surface area contributed by atoms with Crippen LogP contribution in [-0.4, -0.2) is 29.7 Å².